The zero-order valence-electron chi connectivity index (χ0n) is 21.5. The Morgan fingerprint density at radius 2 is 1.69 bits per heavy atom. The number of ether oxygens (including phenoxy) is 4. The van der Waals surface area contributed by atoms with E-state index in [1.807, 2.05) is 24.3 Å². The smallest absolute Gasteiger partial charge is 0.257 e. The van der Waals surface area contributed by atoms with Crippen LogP contribution in [0.2, 0.25) is 0 Å². The monoisotopic (exact) mass is 546 g/mol. The predicted molar refractivity (Wildman–Crippen MR) is 150 cm³/mol. The van der Waals surface area contributed by atoms with Crippen molar-refractivity contribution in [2.24, 2.45) is 0 Å². The first-order valence-corrected chi connectivity index (χ1v) is 12.7. The van der Waals surface area contributed by atoms with E-state index in [9.17, 15) is 10.1 Å². The lowest BCUT2D eigenvalue weighted by Crippen LogP contribution is -2.24. The standard InChI is InChI=1S/C29H27ClN4O5/c1-32-28(35)18-38-21-8-10-23(11-9-21)39-22-6-4-20(5-7-22)34-29-19(16-31)17-33-25-15-27(37-13-3-12-30)26(36-2)14-24(25)29/h4-11,14-15,17H,3,12-13,18H2,1-2H3,(H,32,35)(H,33,34). The van der Waals surface area contributed by atoms with Gasteiger partial charge in [0, 0.05) is 36.3 Å². The van der Waals surface area contributed by atoms with Crippen LogP contribution in [0.4, 0.5) is 11.4 Å². The first kappa shape index (κ1) is 27.4. The van der Waals surface area contributed by atoms with Crippen molar-refractivity contribution in [2.45, 2.75) is 6.42 Å². The fraction of sp³-hybridized carbons (Fsp3) is 0.207. The SMILES string of the molecule is CNC(=O)COc1ccc(Oc2ccc(Nc3c(C#N)cnc4cc(OCCCCl)c(OC)cc34)cc2)cc1. The Bertz CT molecular complexity index is 1470. The second-order valence-corrected chi connectivity index (χ2v) is 8.63. The summed E-state index contributed by atoms with van der Waals surface area (Å²) in [7, 11) is 3.12. The lowest BCUT2D eigenvalue weighted by molar-refractivity contribution is -0.122. The van der Waals surface area contributed by atoms with Crippen LogP contribution in [0.3, 0.4) is 0 Å². The number of carbonyl (C=O) groups is 1. The van der Waals surface area contributed by atoms with Gasteiger partial charge in [0.2, 0.25) is 0 Å². The molecule has 1 amide bonds. The highest BCUT2D eigenvalue weighted by atomic mass is 35.5. The number of carbonyl (C=O) groups excluding carboxylic acids is 1. The Labute approximate surface area is 231 Å². The van der Waals surface area contributed by atoms with Crippen LogP contribution in [0.15, 0.2) is 66.9 Å². The van der Waals surface area contributed by atoms with Gasteiger partial charge in [0.25, 0.3) is 5.91 Å². The minimum atomic E-state index is -0.207. The van der Waals surface area contributed by atoms with Crippen molar-refractivity contribution in [3.63, 3.8) is 0 Å². The van der Waals surface area contributed by atoms with Crippen molar-refractivity contribution in [1.82, 2.24) is 10.3 Å². The number of alkyl halides is 1. The number of rotatable bonds is 12. The van der Waals surface area contributed by atoms with E-state index in [0.717, 1.165) is 11.1 Å². The molecule has 0 fully saturated rings. The average molecular weight is 547 g/mol. The van der Waals surface area contributed by atoms with Crippen LogP contribution in [0.5, 0.6) is 28.7 Å². The van der Waals surface area contributed by atoms with E-state index in [1.165, 1.54) is 6.20 Å². The van der Waals surface area contributed by atoms with Crippen LogP contribution in [-0.2, 0) is 4.79 Å². The van der Waals surface area contributed by atoms with Gasteiger partial charge in [-0.25, -0.2) is 0 Å². The Hall–Kier alpha value is -4.68. The molecule has 39 heavy (non-hydrogen) atoms. The van der Waals surface area contributed by atoms with E-state index in [4.69, 9.17) is 30.5 Å². The molecule has 0 aliphatic heterocycles. The average Bonchev–Trinajstić information content (AvgIpc) is 2.97. The summed E-state index contributed by atoms with van der Waals surface area (Å²) in [6.07, 6.45) is 2.23. The Morgan fingerprint density at radius 3 is 2.33 bits per heavy atom. The molecule has 4 aromatic rings. The third kappa shape index (κ3) is 7.00. The number of anilines is 2. The molecule has 0 spiro atoms. The Kier molecular flexibility index (Phi) is 9.27. The molecule has 0 saturated heterocycles. The number of nitrogens with zero attached hydrogens (tertiary/aromatic N) is 2. The first-order valence-electron chi connectivity index (χ1n) is 12.1. The van der Waals surface area contributed by atoms with Gasteiger partial charge in [-0.15, -0.1) is 11.6 Å². The molecule has 0 aliphatic carbocycles. The fourth-order valence-electron chi connectivity index (χ4n) is 3.64. The number of methoxy groups -OCH3 is 1. The van der Waals surface area contributed by atoms with Crippen LogP contribution < -0.4 is 29.6 Å². The molecule has 1 heterocycles. The molecule has 4 rings (SSSR count). The minimum Gasteiger partial charge on any atom is -0.493 e. The molecule has 10 heteroatoms. The number of aromatic nitrogens is 1. The van der Waals surface area contributed by atoms with E-state index in [-0.39, 0.29) is 12.5 Å². The summed E-state index contributed by atoms with van der Waals surface area (Å²) in [5.74, 6) is 3.19. The number of fused-ring (bicyclic) bond motifs is 1. The van der Waals surface area contributed by atoms with Crippen LogP contribution in [0, 0.1) is 11.3 Å². The number of nitriles is 1. The lowest BCUT2D eigenvalue weighted by atomic mass is 10.1. The second kappa shape index (κ2) is 13.2. The van der Waals surface area contributed by atoms with E-state index < -0.39 is 0 Å². The van der Waals surface area contributed by atoms with Crippen molar-refractivity contribution in [3.8, 4) is 34.8 Å². The van der Waals surface area contributed by atoms with Gasteiger partial charge in [0.1, 0.15) is 23.3 Å². The molecular weight excluding hydrogens is 520 g/mol. The summed E-state index contributed by atoms with van der Waals surface area (Å²) in [6.45, 7) is 0.401. The van der Waals surface area contributed by atoms with E-state index in [1.54, 1.807) is 50.6 Å². The van der Waals surface area contributed by atoms with Crippen molar-refractivity contribution < 1.29 is 23.7 Å². The number of benzene rings is 3. The molecule has 200 valence electrons. The van der Waals surface area contributed by atoms with E-state index in [0.29, 0.717) is 64.4 Å². The normalized spacial score (nSPS) is 10.4. The number of pyridine rings is 1. The van der Waals surface area contributed by atoms with Gasteiger partial charge in [-0.05, 0) is 61.0 Å². The van der Waals surface area contributed by atoms with Crippen molar-refractivity contribution in [2.75, 3.05) is 38.6 Å². The van der Waals surface area contributed by atoms with Crippen LogP contribution in [-0.4, -0.2) is 44.1 Å². The number of nitrogens with one attached hydrogen (secondary N) is 2. The molecule has 0 unspecified atom stereocenters. The van der Waals surface area contributed by atoms with Crippen molar-refractivity contribution >= 4 is 39.8 Å². The summed E-state index contributed by atoms with van der Waals surface area (Å²) >= 11 is 5.76. The van der Waals surface area contributed by atoms with Gasteiger partial charge < -0.3 is 29.6 Å². The van der Waals surface area contributed by atoms with Crippen LogP contribution in [0.1, 0.15) is 12.0 Å². The molecule has 0 saturated carbocycles. The molecule has 0 radical (unpaired) electrons. The molecule has 3 aromatic carbocycles. The summed E-state index contributed by atoms with van der Waals surface area (Å²) in [5.41, 5.74) is 2.40. The fourth-order valence-corrected chi connectivity index (χ4v) is 3.75. The van der Waals surface area contributed by atoms with Gasteiger partial charge in [-0.3, -0.25) is 9.78 Å². The maximum absolute atomic E-state index is 11.3. The zero-order valence-corrected chi connectivity index (χ0v) is 22.2. The molecule has 1 aromatic heterocycles. The number of amides is 1. The summed E-state index contributed by atoms with van der Waals surface area (Å²) in [6, 6.07) is 20.1. The summed E-state index contributed by atoms with van der Waals surface area (Å²) in [5, 5.41) is 16.3. The number of likely N-dealkylation sites (N-methyl/N-ethyl adjacent to an activating group) is 1. The van der Waals surface area contributed by atoms with Gasteiger partial charge in [0.05, 0.1) is 30.5 Å². The Morgan fingerprint density at radius 1 is 1.00 bits per heavy atom. The van der Waals surface area contributed by atoms with Crippen molar-refractivity contribution in [1.29, 1.82) is 5.26 Å². The maximum atomic E-state index is 11.3. The van der Waals surface area contributed by atoms with Crippen LogP contribution in [0.25, 0.3) is 10.9 Å². The van der Waals surface area contributed by atoms with Gasteiger partial charge >= 0.3 is 0 Å². The lowest BCUT2D eigenvalue weighted by Gasteiger charge is -2.15. The van der Waals surface area contributed by atoms with E-state index >= 15 is 0 Å². The summed E-state index contributed by atoms with van der Waals surface area (Å²) < 4.78 is 22.7. The molecule has 9 nitrogen and oxygen atoms in total. The van der Waals surface area contributed by atoms with Gasteiger partial charge in [-0.1, -0.05) is 0 Å². The van der Waals surface area contributed by atoms with Crippen molar-refractivity contribution in [3.05, 3.63) is 72.4 Å². The zero-order chi connectivity index (χ0) is 27.6. The van der Waals surface area contributed by atoms with Gasteiger partial charge in [0.15, 0.2) is 18.1 Å². The molecule has 0 atom stereocenters. The number of halogens is 1. The molecular formula is C29H27ClN4O5. The van der Waals surface area contributed by atoms with Gasteiger partial charge in [-0.2, -0.15) is 5.26 Å². The molecule has 2 N–H and O–H groups in total. The third-order valence-electron chi connectivity index (χ3n) is 5.64. The number of hydrogen-bond acceptors (Lipinski definition) is 8. The highest BCUT2D eigenvalue weighted by Crippen LogP contribution is 2.37. The first-order chi connectivity index (χ1) is 19.0. The van der Waals surface area contributed by atoms with Crippen LogP contribution >= 0.6 is 11.6 Å². The Balaban J connectivity index is 1.50. The second-order valence-electron chi connectivity index (χ2n) is 8.25. The predicted octanol–water partition coefficient (Wildman–Crippen LogP) is 5.78. The minimum absolute atomic E-state index is 0.0538. The van der Waals surface area contributed by atoms with E-state index in [2.05, 4.69) is 21.7 Å². The summed E-state index contributed by atoms with van der Waals surface area (Å²) in [4.78, 5) is 15.8. The number of hydrogen-bond donors (Lipinski definition) is 2. The quantitative estimate of drug-likeness (QED) is 0.170. The largest absolute Gasteiger partial charge is 0.493 e. The highest BCUT2D eigenvalue weighted by Gasteiger charge is 2.15. The maximum Gasteiger partial charge on any atom is 0.257 e. The molecule has 0 aliphatic rings. The molecule has 0 bridgehead atoms. The topological polar surface area (TPSA) is 115 Å². The highest BCUT2D eigenvalue weighted by molar-refractivity contribution is 6.17. The third-order valence-corrected chi connectivity index (χ3v) is 5.91.